The monoisotopic (exact) mass is 460 g/mol. The Balaban J connectivity index is 1.56. The molecule has 4 rings (SSSR count). The number of nitrogen functional groups attached to an aromatic ring is 1. The van der Waals surface area contributed by atoms with E-state index in [4.69, 9.17) is 5.73 Å². The van der Waals surface area contributed by atoms with Crippen LogP contribution in [0.3, 0.4) is 0 Å². The number of amides is 2. The highest BCUT2D eigenvalue weighted by molar-refractivity contribution is 7.14. The summed E-state index contributed by atoms with van der Waals surface area (Å²) in [5, 5.41) is 18.1. The molecule has 0 aliphatic carbocycles. The predicted octanol–water partition coefficient (Wildman–Crippen LogP) is 3.91. The first-order valence-electron chi connectivity index (χ1n) is 10.5. The number of nitrogens with one attached hydrogen (secondary N) is 2. The molecule has 0 saturated heterocycles. The van der Waals surface area contributed by atoms with Crippen LogP contribution in [0.5, 0.6) is 0 Å². The molecule has 8 heteroatoms. The van der Waals surface area contributed by atoms with Gasteiger partial charge >= 0.3 is 0 Å². The van der Waals surface area contributed by atoms with Crippen LogP contribution in [-0.4, -0.2) is 28.0 Å². The van der Waals surface area contributed by atoms with E-state index in [1.54, 1.807) is 60.8 Å². The van der Waals surface area contributed by atoms with Crippen LogP contribution >= 0.6 is 11.3 Å². The number of anilines is 2. The second-order valence-electron chi connectivity index (χ2n) is 7.55. The molecule has 7 nitrogen and oxygen atoms in total. The highest BCUT2D eigenvalue weighted by Gasteiger charge is 2.30. The third-order valence-corrected chi connectivity index (χ3v) is 6.55. The number of aliphatic hydroxyl groups excluding tert-OH is 1. The number of hydrogen-bond donors (Lipinski definition) is 4. The van der Waals surface area contributed by atoms with Gasteiger partial charge in [-0.3, -0.25) is 9.59 Å². The van der Waals surface area contributed by atoms with Crippen LogP contribution < -0.4 is 16.4 Å². The van der Waals surface area contributed by atoms with Crippen molar-refractivity contribution < 1.29 is 14.7 Å². The molecule has 168 valence electrons. The van der Waals surface area contributed by atoms with Crippen molar-refractivity contribution in [1.29, 1.82) is 0 Å². The molecule has 0 spiro atoms. The van der Waals surface area contributed by atoms with E-state index in [1.165, 1.54) is 11.3 Å². The minimum atomic E-state index is -1.51. The number of fused-ring (bicyclic) bond motifs is 1. The highest BCUT2D eigenvalue weighted by atomic mass is 32.1. The van der Waals surface area contributed by atoms with Crippen LogP contribution in [0, 0.1) is 0 Å². The molecule has 0 bridgehead atoms. The maximum absolute atomic E-state index is 13.0. The van der Waals surface area contributed by atoms with E-state index in [2.05, 4.69) is 15.6 Å². The van der Waals surface area contributed by atoms with Crippen LogP contribution in [0.15, 0.2) is 72.9 Å². The van der Waals surface area contributed by atoms with E-state index < -0.39 is 18.1 Å². The number of pyridine rings is 1. The van der Waals surface area contributed by atoms with E-state index in [-0.39, 0.29) is 5.91 Å². The number of aryl methyl sites for hydroxylation is 1. The molecule has 2 atom stereocenters. The van der Waals surface area contributed by atoms with Crippen LogP contribution in [0.1, 0.15) is 33.1 Å². The Morgan fingerprint density at radius 1 is 1.09 bits per heavy atom. The molecule has 4 aromatic rings. The Morgan fingerprint density at radius 3 is 2.61 bits per heavy atom. The number of thiophene rings is 1. The number of aromatic nitrogens is 1. The fourth-order valence-electron chi connectivity index (χ4n) is 3.55. The molecular weight excluding hydrogens is 436 g/mol. The van der Waals surface area contributed by atoms with E-state index in [9.17, 15) is 14.7 Å². The lowest BCUT2D eigenvalue weighted by atomic mass is 10.0. The van der Waals surface area contributed by atoms with Crippen molar-refractivity contribution in [2.24, 2.45) is 0 Å². The standard InChI is InChI=1S/C25H24N4O3S/c1-2-18-9-11-20(33-18)24(31)29-21(15-6-4-3-5-7-15)22(30)25(32)28-17-8-10-19-16(14-17)12-13-27-23(19)26/h3-14,21-22,30H,2H2,1H3,(H2,26,27)(H,28,32)(H,29,31). The highest BCUT2D eigenvalue weighted by Crippen LogP contribution is 2.25. The van der Waals surface area contributed by atoms with Gasteiger partial charge in [0.25, 0.3) is 11.8 Å². The first kappa shape index (κ1) is 22.4. The summed E-state index contributed by atoms with van der Waals surface area (Å²) in [4.78, 5) is 31.5. The molecule has 2 aromatic heterocycles. The molecule has 5 N–H and O–H groups in total. The molecule has 2 heterocycles. The zero-order valence-electron chi connectivity index (χ0n) is 18.0. The third kappa shape index (κ3) is 5.02. The van der Waals surface area contributed by atoms with Gasteiger partial charge in [-0.15, -0.1) is 11.3 Å². The lowest BCUT2D eigenvalue weighted by Crippen LogP contribution is -2.42. The zero-order valence-corrected chi connectivity index (χ0v) is 18.8. The first-order chi connectivity index (χ1) is 16.0. The van der Waals surface area contributed by atoms with Crippen molar-refractivity contribution in [1.82, 2.24) is 10.3 Å². The van der Waals surface area contributed by atoms with Crippen LogP contribution in [0.4, 0.5) is 11.5 Å². The summed E-state index contributed by atoms with van der Waals surface area (Å²) in [5.41, 5.74) is 7.01. The van der Waals surface area contributed by atoms with Gasteiger partial charge in [0.15, 0.2) is 6.10 Å². The number of carbonyl (C=O) groups is 2. The minimum Gasteiger partial charge on any atom is -0.383 e. The summed E-state index contributed by atoms with van der Waals surface area (Å²) >= 11 is 1.39. The van der Waals surface area contributed by atoms with Crippen molar-refractivity contribution in [3.05, 3.63) is 88.2 Å². The van der Waals surface area contributed by atoms with E-state index in [0.717, 1.165) is 22.1 Å². The summed E-state index contributed by atoms with van der Waals surface area (Å²) < 4.78 is 0. The Kier molecular flexibility index (Phi) is 6.67. The lowest BCUT2D eigenvalue weighted by molar-refractivity contribution is -0.125. The van der Waals surface area contributed by atoms with Crippen LogP contribution in [0.25, 0.3) is 10.8 Å². The van der Waals surface area contributed by atoms with Crippen LogP contribution in [0.2, 0.25) is 0 Å². The number of aliphatic hydroxyl groups is 1. The summed E-state index contributed by atoms with van der Waals surface area (Å²) in [5.74, 6) is -0.572. The normalized spacial score (nSPS) is 12.8. The lowest BCUT2D eigenvalue weighted by Gasteiger charge is -2.24. The van der Waals surface area contributed by atoms with E-state index in [1.807, 2.05) is 19.1 Å². The van der Waals surface area contributed by atoms with Gasteiger partial charge in [-0.1, -0.05) is 37.3 Å². The molecule has 2 unspecified atom stereocenters. The van der Waals surface area contributed by atoms with Crippen molar-refractivity contribution in [2.75, 3.05) is 11.1 Å². The third-order valence-electron chi connectivity index (χ3n) is 5.33. The molecule has 33 heavy (non-hydrogen) atoms. The van der Waals surface area contributed by atoms with Crippen molar-refractivity contribution in [3.8, 4) is 0 Å². The van der Waals surface area contributed by atoms with Gasteiger partial charge < -0.3 is 21.5 Å². The van der Waals surface area contributed by atoms with Crippen molar-refractivity contribution in [2.45, 2.75) is 25.5 Å². The number of nitrogens with zero attached hydrogens (tertiary/aromatic N) is 1. The average Bonchev–Trinajstić information content (AvgIpc) is 3.32. The molecule has 0 fully saturated rings. The molecule has 0 aliphatic rings. The topological polar surface area (TPSA) is 117 Å². The maximum Gasteiger partial charge on any atom is 0.261 e. The second-order valence-corrected chi connectivity index (χ2v) is 8.72. The molecule has 2 aromatic carbocycles. The Labute approximate surface area is 195 Å². The maximum atomic E-state index is 13.0. The van der Waals surface area contributed by atoms with Gasteiger partial charge in [-0.05, 0) is 53.8 Å². The Bertz CT molecular complexity index is 1290. The quantitative estimate of drug-likeness (QED) is 0.334. The van der Waals surface area contributed by atoms with Crippen LogP contribution in [-0.2, 0) is 11.2 Å². The average molecular weight is 461 g/mol. The number of hydrogen-bond acceptors (Lipinski definition) is 6. The van der Waals surface area contributed by atoms with Crippen molar-refractivity contribution >= 4 is 45.4 Å². The molecule has 0 radical (unpaired) electrons. The number of carbonyl (C=O) groups excluding carboxylic acids is 2. The summed E-state index contributed by atoms with van der Waals surface area (Å²) in [7, 11) is 0. The fourth-order valence-corrected chi connectivity index (χ4v) is 4.40. The number of benzene rings is 2. The Hall–Kier alpha value is -3.75. The largest absolute Gasteiger partial charge is 0.383 e. The molecular formula is C25H24N4O3S. The first-order valence-corrected chi connectivity index (χ1v) is 11.4. The second kappa shape index (κ2) is 9.81. The number of rotatable bonds is 7. The smallest absolute Gasteiger partial charge is 0.261 e. The van der Waals surface area contributed by atoms with Gasteiger partial charge in [0, 0.05) is 22.1 Å². The summed E-state index contributed by atoms with van der Waals surface area (Å²) in [6.45, 7) is 2.02. The van der Waals surface area contributed by atoms with E-state index >= 15 is 0 Å². The summed E-state index contributed by atoms with van der Waals surface area (Å²) in [6.07, 6.45) is 0.909. The predicted molar refractivity (Wildman–Crippen MR) is 131 cm³/mol. The Morgan fingerprint density at radius 2 is 1.88 bits per heavy atom. The number of nitrogens with two attached hydrogens (primary N) is 1. The van der Waals surface area contributed by atoms with Gasteiger partial charge in [-0.2, -0.15) is 0 Å². The minimum absolute atomic E-state index is 0.339. The van der Waals surface area contributed by atoms with Gasteiger partial charge in [-0.25, -0.2) is 4.98 Å². The SMILES string of the molecule is CCc1ccc(C(=O)NC(c2ccccc2)C(O)C(=O)Nc2ccc3c(N)nccc3c2)s1. The van der Waals surface area contributed by atoms with Gasteiger partial charge in [0.05, 0.1) is 10.9 Å². The van der Waals surface area contributed by atoms with Gasteiger partial charge in [0.2, 0.25) is 0 Å². The van der Waals surface area contributed by atoms with E-state index in [0.29, 0.717) is 21.9 Å². The molecule has 0 saturated carbocycles. The van der Waals surface area contributed by atoms with Gasteiger partial charge in [0.1, 0.15) is 5.82 Å². The zero-order chi connectivity index (χ0) is 23.4. The summed E-state index contributed by atoms with van der Waals surface area (Å²) in [6, 6.07) is 18.7. The van der Waals surface area contributed by atoms with Crippen molar-refractivity contribution in [3.63, 3.8) is 0 Å². The molecule has 2 amide bonds. The fraction of sp³-hybridized carbons (Fsp3) is 0.160. The molecule has 0 aliphatic heterocycles.